The fourth-order valence-electron chi connectivity index (χ4n) is 3.17. The molecule has 2 amide bonds. The summed E-state index contributed by atoms with van der Waals surface area (Å²) in [5.74, 6) is 0.414. The maximum Gasteiger partial charge on any atom is 0.319 e. The molecule has 1 aliphatic rings. The number of nitrogens with zero attached hydrogens (tertiary/aromatic N) is 1. The van der Waals surface area contributed by atoms with Crippen molar-refractivity contribution in [3.63, 3.8) is 0 Å². The van der Waals surface area contributed by atoms with Gasteiger partial charge in [-0.15, -0.1) is 0 Å². The summed E-state index contributed by atoms with van der Waals surface area (Å²) in [5.41, 5.74) is 0.553. The second kappa shape index (κ2) is 10.0. The van der Waals surface area contributed by atoms with Crippen molar-refractivity contribution in [1.82, 2.24) is 10.2 Å². The Morgan fingerprint density at radius 2 is 1.89 bits per heavy atom. The molecule has 1 fully saturated rings. The van der Waals surface area contributed by atoms with E-state index in [4.69, 9.17) is 14.6 Å². The molecule has 0 saturated heterocycles. The number of carbonyl (C=O) groups is 2. The van der Waals surface area contributed by atoms with Gasteiger partial charge in [0.25, 0.3) is 0 Å². The van der Waals surface area contributed by atoms with Gasteiger partial charge in [0.2, 0.25) is 0 Å². The smallest absolute Gasteiger partial charge is 0.319 e. The van der Waals surface area contributed by atoms with E-state index in [0.29, 0.717) is 36.9 Å². The van der Waals surface area contributed by atoms with Crippen LogP contribution in [0.1, 0.15) is 33.6 Å². The van der Waals surface area contributed by atoms with E-state index >= 15 is 0 Å². The van der Waals surface area contributed by atoms with Gasteiger partial charge < -0.3 is 25.2 Å². The largest absolute Gasteiger partial charge is 0.494 e. The molecule has 0 aliphatic heterocycles. The van der Waals surface area contributed by atoms with E-state index in [1.54, 1.807) is 18.2 Å². The van der Waals surface area contributed by atoms with Crippen molar-refractivity contribution >= 4 is 17.7 Å². The van der Waals surface area contributed by atoms with Crippen LogP contribution in [0.25, 0.3) is 0 Å². The standard InChI is InChI=1S/C19H29N3O5/c1-4-22(12-18(23)24)14-9-13(10-14)20-19(25)21-16-11-15(26-5-2)7-8-17(16)27-6-3/h7-8,11,13-14H,4-6,9-10,12H2,1-3H3,(H,23,24)(H2,20,21,25). The number of amides is 2. The number of nitrogens with one attached hydrogen (secondary N) is 2. The topological polar surface area (TPSA) is 100 Å². The molecule has 0 atom stereocenters. The number of urea groups is 1. The summed E-state index contributed by atoms with van der Waals surface area (Å²) < 4.78 is 11.0. The normalized spacial score (nSPS) is 18.5. The zero-order chi connectivity index (χ0) is 19.8. The average Bonchev–Trinajstić information content (AvgIpc) is 2.58. The van der Waals surface area contributed by atoms with Gasteiger partial charge in [0, 0.05) is 18.2 Å². The monoisotopic (exact) mass is 379 g/mol. The number of rotatable bonds is 10. The van der Waals surface area contributed by atoms with Gasteiger partial charge >= 0.3 is 12.0 Å². The molecule has 2 rings (SSSR count). The summed E-state index contributed by atoms with van der Waals surface area (Å²) >= 11 is 0. The molecule has 150 valence electrons. The summed E-state index contributed by atoms with van der Waals surface area (Å²) in [6, 6.07) is 5.22. The molecular formula is C19H29N3O5. The van der Waals surface area contributed by atoms with Gasteiger partial charge in [0.1, 0.15) is 11.5 Å². The van der Waals surface area contributed by atoms with Crippen molar-refractivity contribution in [2.24, 2.45) is 0 Å². The van der Waals surface area contributed by atoms with Gasteiger partial charge in [-0.2, -0.15) is 0 Å². The lowest BCUT2D eigenvalue weighted by Crippen LogP contribution is -2.55. The Balaban J connectivity index is 1.89. The molecule has 1 aromatic rings. The van der Waals surface area contributed by atoms with Crippen LogP contribution in [0.4, 0.5) is 10.5 Å². The SMILES string of the molecule is CCOc1ccc(OCC)c(NC(=O)NC2CC(N(CC)CC(=O)O)C2)c1. The van der Waals surface area contributed by atoms with Crippen molar-refractivity contribution in [1.29, 1.82) is 0 Å². The van der Waals surface area contributed by atoms with Crippen LogP contribution < -0.4 is 20.1 Å². The molecule has 8 nitrogen and oxygen atoms in total. The third kappa shape index (κ3) is 6.02. The Morgan fingerprint density at radius 3 is 2.48 bits per heavy atom. The third-order valence-electron chi connectivity index (χ3n) is 4.52. The second-order valence-corrected chi connectivity index (χ2v) is 6.40. The van der Waals surface area contributed by atoms with E-state index in [1.165, 1.54) is 0 Å². The van der Waals surface area contributed by atoms with E-state index in [9.17, 15) is 9.59 Å². The molecule has 0 bridgehead atoms. The minimum absolute atomic E-state index is 0.0298. The van der Waals surface area contributed by atoms with Crippen molar-refractivity contribution < 1.29 is 24.2 Å². The van der Waals surface area contributed by atoms with Crippen LogP contribution in [-0.2, 0) is 4.79 Å². The average molecular weight is 379 g/mol. The lowest BCUT2D eigenvalue weighted by Gasteiger charge is -2.42. The van der Waals surface area contributed by atoms with Gasteiger partial charge in [-0.05, 0) is 45.4 Å². The van der Waals surface area contributed by atoms with Crippen molar-refractivity contribution in [2.75, 3.05) is 31.6 Å². The Kier molecular flexibility index (Phi) is 7.72. The Bertz CT molecular complexity index is 646. The van der Waals surface area contributed by atoms with E-state index in [-0.39, 0.29) is 24.7 Å². The molecule has 0 aromatic heterocycles. The highest BCUT2D eigenvalue weighted by Gasteiger charge is 2.34. The summed E-state index contributed by atoms with van der Waals surface area (Å²) in [7, 11) is 0. The van der Waals surface area contributed by atoms with Crippen LogP contribution in [0.15, 0.2) is 18.2 Å². The Labute approximate surface area is 159 Å². The third-order valence-corrected chi connectivity index (χ3v) is 4.52. The molecule has 27 heavy (non-hydrogen) atoms. The second-order valence-electron chi connectivity index (χ2n) is 6.40. The number of aliphatic carboxylic acids is 1. The summed E-state index contributed by atoms with van der Waals surface area (Å²) in [6.07, 6.45) is 1.48. The maximum atomic E-state index is 12.3. The van der Waals surface area contributed by atoms with E-state index in [2.05, 4.69) is 10.6 Å². The van der Waals surface area contributed by atoms with Gasteiger partial charge in [-0.3, -0.25) is 9.69 Å². The fraction of sp³-hybridized carbons (Fsp3) is 0.579. The van der Waals surface area contributed by atoms with Gasteiger partial charge in [-0.1, -0.05) is 6.92 Å². The summed E-state index contributed by atoms with van der Waals surface area (Å²) in [4.78, 5) is 25.1. The number of benzene rings is 1. The van der Waals surface area contributed by atoms with Crippen LogP contribution >= 0.6 is 0 Å². The minimum atomic E-state index is -0.830. The number of carbonyl (C=O) groups excluding carboxylic acids is 1. The van der Waals surface area contributed by atoms with Crippen LogP contribution in [0.2, 0.25) is 0 Å². The Morgan fingerprint density at radius 1 is 1.19 bits per heavy atom. The molecule has 0 radical (unpaired) electrons. The molecule has 3 N–H and O–H groups in total. The van der Waals surface area contributed by atoms with Gasteiger partial charge in [0.05, 0.1) is 25.4 Å². The van der Waals surface area contributed by atoms with Gasteiger partial charge in [-0.25, -0.2) is 4.79 Å². The van der Waals surface area contributed by atoms with E-state index in [1.807, 2.05) is 25.7 Å². The molecule has 8 heteroatoms. The first kappa shape index (κ1) is 20.8. The highest BCUT2D eigenvalue weighted by Crippen LogP contribution is 2.30. The molecule has 0 unspecified atom stereocenters. The molecule has 0 spiro atoms. The first-order valence-electron chi connectivity index (χ1n) is 9.39. The molecule has 0 heterocycles. The minimum Gasteiger partial charge on any atom is -0.494 e. The first-order valence-corrected chi connectivity index (χ1v) is 9.39. The van der Waals surface area contributed by atoms with Crippen molar-refractivity contribution in [3.05, 3.63) is 18.2 Å². The summed E-state index contributed by atoms with van der Waals surface area (Å²) in [5, 5.41) is 14.7. The lowest BCUT2D eigenvalue weighted by molar-refractivity contribution is -0.139. The molecule has 1 aliphatic carbocycles. The van der Waals surface area contributed by atoms with Crippen LogP contribution in [0.3, 0.4) is 0 Å². The first-order chi connectivity index (χ1) is 13.0. The van der Waals surface area contributed by atoms with Crippen LogP contribution in [0, 0.1) is 0 Å². The number of ether oxygens (including phenoxy) is 2. The number of carboxylic acids is 1. The van der Waals surface area contributed by atoms with Crippen LogP contribution in [-0.4, -0.2) is 60.4 Å². The van der Waals surface area contributed by atoms with Gasteiger partial charge in [0.15, 0.2) is 0 Å². The highest BCUT2D eigenvalue weighted by atomic mass is 16.5. The quantitative estimate of drug-likeness (QED) is 0.578. The maximum absolute atomic E-state index is 12.3. The zero-order valence-electron chi connectivity index (χ0n) is 16.2. The number of hydrogen-bond acceptors (Lipinski definition) is 5. The summed E-state index contributed by atoms with van der Waals surface area (Å²) in [6.45, 7) is 7.45. The molecule has 1 saturated carbocycles. The fourth-order valence-corrected chi connectivity index (χ4v) is 3.17. The molecule has 1 aromatic carbocycles. The van der Waals surface area contributed by atoms with Crippen molar-refractivity contribution in [3.8, 4) is 11.5 Å². The van der Waals surface area contributed by atoms with Crippen molar-refractivity contribution in [2.45, 2.75) is 45.7 Å². The predicted molar refractivity (Wildman–Crippen MR) is 103 cm³/mol. The predicted octanol–water partition coefficient (Wildman–Crippen LogP) is 2.54. The van der Waals surface area contributed by atoms with Crippen LogP contribution in [0.5, 0.6) is 11.5 Å². The lowest BCUT2D eigenvalue weighted by atomic mass is 9.85. The van der Waals surface area contributed by atoms with E-state index in [0.717, 1.165) is 12.8 Å². The zero-order valence-corrected chi connectivity index (χ0v) is 16.2. The highest BCUT2D eigenvalue weighted by molar-refractivity contribution is 5.91. The number of likely N-dealkylation sites (N-methyl/N-ethyl adjacent to an activating group) is 1. The number of anilines is 1. The number of carboxylic acid groups (broad SMARTS) is 1. The number of hydrogen-bond donors (Lipinski definition) is 3. The van der Waals surface area contributed by atoms with E-state index < -0.39 is 5.97 Å². The molecular weight excluding hydrogens is 350 g/mol. The Hall–Kier alpha value is -2.48.